The third-order valence-corrected chi connectivity index (χ3v) is 6.52. The highest BCUT2D eigenvalue weighted by Gasteiger charge is 2.24. The Balaban J connectivity index is 2.30. The van der Waals surface area contributed by atoms with Gasteiger partial charge in [0.2, 0.25) is 0 Å². The van der Waals surface area contributed by atoms with Gasteiger partial charge in [-0.3, -0.25) is 0 Å². The second-order valence-electron chi connectivity index (χ2n) is 8.17. The molecule has 3 aromatic rings. The average Bonchev–Trinajstić information content (AvgIpc) is 2.73. The van der Waals surface area contributed by atoms with Gasteiger partial charge in [0.15, 0.2) is 11.0 Å². The fourth-order valence-electron chi connectivity index (χ4n) is 2.88. The predicted octanol–water partition coefficient (Wildman–Crippen LogP) is 6.58. The van der Waals surface area contributed by atoms with Crippen molar-refractivity contribution in [2.75, 3.05) is 25.8 Å². The molecule has 0 bridgehead atoms. The quantitative estimate of drug-likeness (QED) is 0.315. The van der Waals surface area contributed by atoms with E-state index in [4.69, 9.17) is 37.7 Å². The van der Waals surface area contributed by atoms with Crippen LogP contribution in [0.3, 0.4) is 0 Å². The van der Waals surface area contributed by atoms with Crippen molar-refractivity contribution < 1.29 is 9.47 Å². The molecule has 3 rings (SSSR count). The van der Waals surface area contributed by atoms with Crippen molar-refractivity contribution in [3.63, 3.8) is 0 Å². The van der Waals surface area contributed by atoms with Crippen LogP contribution >= 0.6 is 35.0 Å². The first-order valence-corrected chi connectivity index (χ1v) is 11.7. The van der Waals surface area contributed by atoms with E-state index in [0.29, 0.717) is 43.8 Å². The average molecular weight is 481 g/mol. The number of hydrogen-bond acceptors (Lipinski definition) is 7. The molecule has 0 aliphatic heterocycles. The van der Waals surface area contributed by atoms with Crippen LogP contribution in [0.15, 0.2) is 23.5 Å². The topological polar surface area (TPSA) is 69.2 Å². The van der Waals surface area contributed by atoms with Gasteiger partial charge in [0.05, 0.1) is 30.0 Å². The van der Waals surface area contributed by atoms with Crippen molar-refractivity contribution in [2.24, 2.45) is 5.41 Å². The zero-order valence-corrected chi connectivity index (χ0v) is 21.0. The summed E-state index contributed by atoms with van der Waals surface area (Å²) in [4.78, 5) is 14.0. The largest absolute Gasteiger partial charge is 0.495 e. The summed E-state index contributed by atoms with van der Waals surface area (Å²) in [7, 11) is 3.09. The zero-order chi connectivity index (χ0) is 22.9. The molecule has 0 aliphatic carbocycles. The van der Waals surface area contributed by atoms with Crippen molar-refractivity contribution in [3.8, 4) is 22.8 Å². The van der Waals surface area contributed by atoms with Crippen LogP contribution in [0.1, 0.15) is 27.7 Å². The van der Waals surface area contributed by atoms with Crippen LogP contribution in [-0.2, 0) is 0 Å². The molecule has 2 heterocycles. The molecule has 0 unspecified atom stereocenters. The molecule has 0 spiro atoms. The second kappa shape index (κ2) is 9.27. The number of anilines is 1. The maximum atomic E-state index is 6.65. The number of nitrogens with one attached hydrogen (secondary N) is 1. The number of nitrogens with zero attached hydrogens (tertiary/aromatic N) is 3. The van der Waals surface area contributed by atoms with Gasteiger partial charge in [-0.05, 0) is 24.7 Å². The molecular weight excluding hydrogens is 455 g/mol. The molecule has 1 N–H and O–H groups in total. The van der Waals surface area contributed by atoms with Gasteiger partial charge in [0, 0.05) is 29.3 Å². The van der Waals surface area contributed by atoms with Crippen LogP contribution in [-0.4, -0.2) is 41.5 Å². The lowest BCUT2D eigenvalue weighted by Crippen LogP contribution is -2.31. The van der Waals surface area contributed by atoms with Crippen molar-refractivity contribution in [3.05, 3.63) is 28.4 Å². The molecule has 0 saturated heterocycles. The number of aromatic nitrogens is 3. The van der Waals surface area contributed by atoms with E-state index >= 15 is 0 Å². The molecule has 0 saturated carbocycles. The Morgan fingerprint density at radius 3 is 2.16 bits per heavy atom. The predicted molar refractivity (Wildman–Crippen MR) is 130 cm³/mol. The van der Waals surface area contributed by atoms with Crippen LogP contribution in [0.4, 0.5) is 5.82 Å². The minimum absolute atomic E-state index is 0.00779. The summed E-state index contributed by atoms with van der Waals surface area (Å²) in [5.74, 6) is 1.54. The van der Waals surface area contributed by atoms with E-state index in [1.807, 2.05) is 12.3 Å². The second-order valence-corrected chi connectivity index (χ2v) is 9.70. The number of ether oxygens (including phenoxy) is 2. The number of hydrogen-bond donors (Lipinski definition) is 1. The Morgan fingerprint density at radius 1 is 1.03 bits per heavy atom. The number of thioether (sulfide) groups is 1. The van der Waals surface area contributed by atoms with Crippen molar-refractivity contribution in [1.29, 1.82) is 0 Å². The molecule has 31 heavy (non-hydrogen) atoms. The van der Waals surface area contributed by atoms with E-state index in [9.17, 15) is 0 Å². The van der Waals surface area contributed by atoms with Gasteiger partial charge in [0.25, 0.3) is 0 Å². The summed E-state index contributed by atoms with van der Waals surface area (Å²) in [6, 6.07) is 3.65. The molecule has 0 fully saturated rings. The molecule has 6 nitrogen and oxygen atoms in total. The maximum absolute atomic E-state index is 6.65. The van der Waals surface area contributed by atoms with E-state index in [1.165, 1.54) is 11.8 Å². The van der Waals surface area contributed by atoms with Gasteiger partial charge in [-0.25, -0.2) is 15.0 Å². The van der Waals surface area contributed by atoms with Crippen molar-refractivity contribution in [2.45, 2.75) is 38.9 Å². The van der Waals surface area contributed by atoms with Crippen LogP contribution in [0.25, 0.3) is 22.2 Å². The summed E-state index contributed by atoms with van der Waals surface area (Å²) >= 11 is 14.8. The minimum Gasteiger partial charge on any atom is -0.495 e. The number of halogens is 2. The summed E-state index contributed by atoms with van der Waals surface area (Å²) in [6.07, 6.45) is 3.72. The highest BCUT2D eigenvalue weighted by molar-refractivity contribution is 7.98. The first-order chi connectivity index (χ1) is 14.6. The highest BCUT2D eigenvalue weighted by Crippen LogP contribution is 2.46. The molecule has 2 aromatic heterocycles. The van der Waals surface area contributed by atoms with Crippen LogP contribution in [0, 0.1) is 5.41 Å². The summed E-state index contributed by atoms with van der Waals surface area (Å²) in [5.41, 5.74) is 1.85. The number of pyridine rings is 1. The molecule has 0 aliphatic rings. The Labute approximate surface area is 197 Å². The van der Waals surface area contributed by atoms with E-state index in [1.54, 1.807) is 26.5 Å². The van der Waals surface area contributed by atoms with Crippen LogP contribution in [0.5, 0.6) is 11.5 Å². The smallest absolute Gasteiger partial charge is 0.187 e. The summed E-state index contributed by atoms with van der Waals surface area (Å²) in [5, 5.41) is 5.73. The summed E-state index contributed by atoms with van der Waals surface area (Å²) < 4.78 is 10.8. The molecule has 1 atom stereocenters. The lowest BCUT2D eigenvalue weighted by atomic mass is 9.88. The Kier molecular flexibility index (Phi) is 7.08. The number of rotatable bonds is 6. The van der Waals surface area contributed by atoms with Gasteiger partial charge in [-0.15, -0.1) is 0 Å². The molecular formula is C22H26Cl2N4O2S. The third kappa shape index (κ3) is 4.78. The Morgan fingerprint density at radius 2 is 1.65 bits per heavy atom. The zero-order valence-electron chi connectivity index (χ0n) is 18.6. The minimum atomic E-state index is 0.00779. The summed E-state index contributed by atoms with van der Waals surface area (Å²) in [6.45, 7) is 8.62. The number of methoxy groups -OCH3 is 2. The van der Waals surface area contributed by atoms with Gasteiger partial charge in [-0.2, -0.15) is 0 Å². The molecule has 166 valence electrons. The standard InChI is InChI=1S/C22H26Cl2N4O2S/c1-11(22(2,3)4)26-20-19-12(10-25-21(28-19)31-7)8-13(27-20)16-17(23)14(29-5)9-15(30-6)18(16)24/h8-11H,1-7H3,(H,26,27)/t11-/m1/s1. The Bertz CT molecular complexity index is 1090. The molecule has 0 radical (unpaired) electrons. The highest BCUT2D eigenvalue weighted by atomic mass is 35.5. The van der Waals surface area contributed by atoms with Gasteiger partial charge in [0.1, 0.15) is 17.0 Å². The van der Waals surface area contributed by atoms with E-state index in [0.717, 1.165) is 10.9 Å². The van der Waals surface area contributed by atoms with Gasteiger partial charge >= 0.3 is 0 Å². The first-order valence-electron chi connectivity index (χ1n) is 9.69. The fraction of sp³-hybridized carbons (Fsp3) is 0.409. The molecule has 0 amide bonds. The van der Waals surface area contributed by atoms with E-state index in [2.05, 4.69) is 43.0 Å². The Hall–Kier alpha value is -1.96. The van der Waals surface area contributed by atoms with E-state index in [-0.39, 0.29) is 11.5 Å². The molecule has 9 heteroatoms. The third-order valence-electron chi connectivity index (χ3n) is 5.21. The first kappa shape index (κ1) is 23.7. The fourth-order valence-corrected chi connectivity index (χ4v) is 3.92. The number of fused-ring (bicyclic) bond motifs is 1. The maximum Gasteiger partial charge on any atom is 0.187 e. The van der Waals surface area contributed by atoms with Crippen molar-refractivity contribution >= 4 is 51.7 Å². The lowest BCUT2D eigenvalue weighted by molar-refractivity contribution is 0.359. The normalized spacial score (nSPS) is 12.7. The van der Waals surface area contributed by atoms with Gasteiger partial charge in [-0.1, -0.05) is 55.7 Å². The molecule has 1 aromatic carbocycles. The monoisotopic (exact) mass is 480 g/mol. The lowest BCUT2D eigenvalue weighted by Gasteiger charge is -2.29. The van der Waals surface area contributed by atoms with Gasteiger partial charge < -0.3 is 14.8 Å². The van der Waals surface area contributed by atoms with Crippen molar-refractivity contribution in [1.82, 2.24) is 15.0 Å². The van der Waals surface area contributed by atoms with Crippen LogP contribution in [0.2, 0.25) is 10.0 Å². The SMILES string of the molecule is COc1cc(OC)c(Cl)c(-c2cc3cnc(SC)nc3c(N[C@H](C)C(C)(C)C)n2)c1Cl. The van der Waals surface area contributed by atoms with E-state index < -0.39 is 0 Å². The number of benzene rings is 1. The van der Waals surface area contributed by atoms with Crippen LogP contribution < -0.4 is 14.8 Å².